The van der Waals surface area contributed by atoms with Crippen molar-refractivity contribution in [2.75, 3.05) is 38.0 Å². The van der Waals surface area contributed by atoms with Crippen LogP contribution in [0.5, 0.6) is 0 Å². The highest BCUT2D eigenvalue weighted by molar-refractivity contribution is 5.78. The molecular weight excluding hydrogens is 342 g/mol. The third kappa shape index (κ3) is 4.39. The summed E-state index contributed by atoms with van der Waals surface area (Å²) in [5, 5.41) is 3.21. The fourth-order valence-corrected chi connectivity index (χ4v) is 3.89. The molecule has 2 aromatic heterocycles. The number of carbonyl (C=O) groups is 1. The highest BCUT2D eigenvalue weighted by Gasteiger charge is 2.29. The Morgan fingerprint density at radius 1 is 1.04 bits per heavy atom. The van der Waals surface area contributed by atoms with Crippen LogP contribution in [0.3, 0.4) is 0 Å². The van der Waals surface area contributed by atoms with E-state index < -0.39 is 0 Å². The first-order valence-electron chi connectivity index (χ1n) is 9.63. The number of hydrogen-bond donors (Lipinski definition) is 1. The first-order chi connectivity index (χ1) is 13.3. The number of amides is 1. The molecular formula is C19H25N7O. The van der Waals surface area contributed by atoms with Crippen molar-refractivity contribution in [2.24, 2.45) is 0 Å². The van der Waals surface area contributed by atoms with E-state index in [1.807, 2.05) is 4.90 Å². The van der Waals surface area contributed by atoms with Gasteiger partial charge in [0.2, 0.25) is 5.91 Å². The van der Waals surface area contributed by atoms with E-state index in [9.17, 15) is 4.79 Å². The summed E-state index contributed by atoms with van der Waals surface area (Å²) in [6.45, 7) is 4.15. The molecule has 27 heavy (non-hydrogen) atoms. The number of hydrogen-bond acceptors (Lipinski definition) is 7. The number of likely N-dealkylation sites (tertiary alicyclic amines) is 2. The lowest BCUT2D eigenvalue weighted by molar-refractivity contribution is -0.133. The monoisotopic (exact) mass is 367 g/mol. The van der Waals surface area contributed by atoms with E-state index in [2.05, 4.69) is 30.2 Å². The van der Waals surface area contributed by atoms with Gasteiger partial charge in [0.15, 0.2) is 5.82 Å². The van der Waals surface area contributed by atoms with Crippen molar-refractivity contribution in [3.05, 3.63) is 36.7 Å². The molecule has 2 saturated heterocycles. The van der Waals surface area contributed by atoms with Gasteiger partial charge in [-0.25, -0.2) is 9.97 Å². The molecule has 2 fully saturated rings. The summed E-state index contributed by atoms with van der Waals surface area (Å²) in [7, 11) is 0. The number of piperidine rings is 1. The van der Waals surface area contributed by atoms with E-state index in [-0.39, 0.29) is 11.8 Å². The standard InChI is InChI=1S/C19H25N7O/c27-17(14-25-9-1-2-10-25)26-11-3-4-15(13-26)18-19(23-8-7-22-18)24-16-12-20-5-6-21-16/h5-8,12,15H,1-4,9-11,13-14H2,(H,21,23,24)/t15-/m0/s1. The Morgan fingerprint density at radius 3 is 2.67 bits per heavy atom. The molecule has 8 nitrogen and oxygen atoms in total. The van der Waals surface area contributed by atoms with Crippen LogP contribution in [0.4, 0.5) is 11.6 Å². The maximum Gasteiger partial charge on any atom is 0.236 e. The van der Waals surface area contributed by atoms with Crippen molar-refractivity contribution >= 4 is 17.5 Å². The minimum Gasteiger partial charge on any atom is -0.341 e. The van der Waals surface area contributed by atoms with Gasteiger partial charge in [0.05, 0.1) is 18.4 Å². The minimum atomic E-state index is 0.175. The van der Waals surface area contributed by atoms with Gasteiger partial charge in [0, 0.05) is 43.8 Å². The number of nitrogens with one attached hydrogen (secondary N) is 1. The van der Waals surface area contributed by atoms with Crippen molar-refractivity contribution in [2.45, 2.75) is 31.6 Å². The zero-order chi connectivity index (χ0) is 18.5. The zero-order valence-corrected chi connectivity index (χ0v) is 15.4. The summed E-state index contributed by atoms with van der Waals surface area (Å²) in [6.07, 6.45) is 12.7. The number of nitrogens with zero attached hydrogens (tertiary/aromatic N) is 6. The third-order valence-electron chi connectivity index (χ3n) is 5.25. The van der Waals surface area contributed by atoms with Crippen LogP contribution in [0.15, 0.2) is 31.0 Å². The molecule has 0 radical (unpaired) electrons. The van der Waals surface area contributed by atoms with Gasteiger partial charge < -0.3 is 10.2 Å². The average Bonchev–Trinajstić information content (AvgIpc) is 3.22. The lowest BCUT2D eigenvalue weighted by Crippen LogP contribution is -2.44. The molecule has 0 spiro atoms. The van der Waals surface area contributed by atoms with Crippen molar-refractivity contribution in [3.63, 3.8) is 0 Å². The lowest BCUT2D eigenvalue weighted by atomic mass is 9.94. The van der Waals surface area contributed by atoms with Crippen LogP contribution in [0.25, 0.3) is 0 Å². The van der Waals surface area contributed by atoms with E-state index in [1.165, 1.54) is 12.8 Å². The molecule has 4 heterocycles. The fourth-order valence-electron chi connectivity index (χ4n) is 3.89. The summed E-state index contributed by atoms with van der Waals surface area (Å²) in [5.41, 5.74) is 0.891. The zero-order valence-electron chi connectivity index (χ0n) is 15.4. The SMILES string of the molecule is O=C(CN1CCCC1)N1CCC[C@H](c2nccnc2Nc2cnccn2)C1. The summed E-state index contributed by atoms with van der Waals surface area (Å²) >= 11 is 0. The van der Waals surface area contributed by atoms with Crippen molar-refractivity contribution in [1.29, 1.82) is 0 Å². The van der Waals surface area contributed by atoms with E-state index in [1.54, 1.807) is 31.0 Å². The Morgan fingerprint density at radius 2 is 1.85 bits per heavy atom. The van der Waals surface area contributed by atoms with Gasteiger partial charge in [-0.15, -0.1) is 0 Å². The second-order valence-electron chi connectivity index (χ2n) is 7.17. The molecule has 1 N–H and O–H groups in total. The maximum atomic E-state index is 12.7. The van der Waals surface area contributed by atoms with E-state index in [0.717, 1.165) is 38.2 Å². The van der Waals surface area contributed by atoms with Crippen molar-refractivity contribution in [3.8, 4) is 0 Å². The molecule has 1 amide bonds. The fraction of sp³-hybridized carbons (Fsp3) is 0.526. The molecule has 2 aliphatic heterocycles. The normalized spacial score (nSPS) is 20.6. The molecule has 4 rings (SSSR count). The van der Waals surface area contributed by atoms with Crippen LogP contribution in [-0.4, -0.2) is 68.4 Å². The predicted molar refractivity (Wildman–Crippen MR) is 102 cm³/mol. The Balaban J connectivity index is 1.45. The Bertz CT molecular complexity index is 764. The number of carbonyl (C=O) groups excluding carboxylic acids is 1. The van der Waals surface area contributed by atoms with Crippen LogP contribution in [0.2, 0.25) is 0 Å². The molecule has 2 aromatic rings. The molecule has 142 valence electrons. The van der Waals surface area contributed by atoms with Gasteiger partial charge in [-0.05, 0) is 38.8 Å². The number of aromatic nitrogens is 4. The highest BCUT2D eigenvalue weighted by Crippen LogP contribution is 2.30. The smallest absolute Gasteiger partial charge is 0.236 e. The summed E-state index contributed by atoms with van der Waals surface area (Å²) in [5.74, 6) is 1.73. The van der Waals surface area contributed by atoms with Gasteiger partial charge in [0.1, 0.15) is 5.82 Å². The largest absolute Gasteiger partial charge is 0.341 e. The summed E-state index contributed by atoms with van der Waals surface area (Å²) in [4.78, 5) is 34.3. The van der Waals surface area contributed by atoms with Crippen LogP contribution >= 0.6 is 0 Å². The topological polar surface area (TPSA) is 87.1 Å². The number of rotatable bonds is 5. The third-order valence-corrected chi connectivity index (χ3v) is 5.25. The molecule has 8 heteroatoms. The van der Waals surface area contributed by atoms with Gasteiger partial charge in [-0.2, -0.15) is 0 Å². The second kappa shape index (κ2) is 8.39. The van der Waals surface area contributed by atoms with Gasteiger partial charge in [-0.3, -0.25) is 19.7 Å². The predicted octanol–water partition coefficient (Wildman–Crippen LogP) is 1.81. The molecule has 0 bridgehead atoms. The van der Waals surface area contributed by atoms with Crippen LogP contribution in [0.1, 0.15) is 37.3 Å². The lowest BCUT2D eigenvalue weighted by Gasteiger charge is -2.34. The molecule has 1 atom stereocenters. The minimum absolute atomic E-state index is 0.175. The summed E-state index contributed by atoms with van der Waals surface area (Å²) in [6, 6.07) is 0. The first kappa shape index (κ1) is 17.8. The van der Waals surface area contributed by atoms with Crippen molar-refractivity contribution < 1.29 is 4.79 Å². The summed E-state index contributed by atoms with van der Waals surface area (Å²) < 4.78 is 0. The Hall–Kier alpha value is -2.61. The Labute approximate surface area is 159 Å². The van der Waals surface area contributed by atoms with Crippen LogP contribution < -0.4 is 5.32 Å². The molecule has 0 aromatic carbocycles. The van der Waals surface area contributed by atoms with Crippen molar-refractivity contribution in [1.82, 2.24) is 29.7 Å². The van der Waals surface area contributed by atoms with E-state index in [0.29, 0.717) is 24.7 Å². The highest BCUT2D eigenvalue weighted by atomic mass is 16.2. The quantitative estimate of drug-likeness (QED) is 0.862. The molecule has 0 aliphatic carbocycles. The Kier molecular flexibility index (Phi) is 5.53. The molecule has 0 saturated carbocycles. The maximum absolute atomic E-state index is 12.7. The molecule has 0 unspecified atom stereocenters. The number of anilines is 2. The van der Waals surface area contributed by atoms with E-state index >= 15 is 0 Å². The van der Waals surface area contributed by atoms with Gasteiger partial charge in [0.25, 0.3) is 0 Å². The van der Waals surface area contributed by atoms with Crippen LogP contribution in [-0.2, 0) is 4.79 Å². The van der Waals surface area contributed by atoms with Gasteiger partial charge in [-0.1, -0.05) is 0 Å². The molecule has 2 aliphatic rings. The van der Waals surface area contributed by atoms with E-state index in [4.69, 9.17) is 0 Å². The van der Waals surface area contributed by atoms with Crippen LogP contribution in [0, 0.1) is 0 Å². The average molecular weight is 367 g/mol. The second-order valence-corrected chi connectivity index (χ2v) is 7.17. The van der Waals surface area contributed by atoms with Gasteiger partial charge >= 0.3 is 0 Å². The first-order valence-corrected chi connectivity index (χ1v) is 9.63.